The maximum Gasteiger partial charge on any atom is 0.254 e. The molecule has 0 saturated carbocycles. The molecule has 160 valence electrons. The van der Waals surface area contributed by atoms with Gasteiger partial charge in [-0.3, -0.25) is 9.59 Å². The van der Waals surface area contributed by atoms with Crippen LogP contribution in [0.3, 0.4) is 0 Å². The van der Waals surface area contributed by atoms with Crippen LogP contribution in [0.4, 0.5) is 0 Å². The zero-order valence-electron chi connectivity index (χ0n) is 17.6. The van der Waals surface area contributed by atoms with Crippen molar-refractivity contribution in [1.29, 1.82) is 0 Å². The molecule has 1 aliphatic heterocycles. The average Bonchev–Trinajstić information content (AvgIpc) is 2.79. The van der Waals surface area contributed by atoms with Gasteiger partial charge in [-0.05, 0) is 59.1 Å². The molecule has 1 fully saturated rings. The Bertz CT molecular complexity index is 906. The summed E-state index contributed by atoms with van der Waals surface area (Å²) < 4.78 is 11.7. The lowest BCUT2D eigenvalue weighted by molar-refractivity contribution is 0.0535. The molecule has 6 nitrogen and oxygen atoms in total. The van der Waals surface area contributed by atoms with E-state index < -0.39 is 0 Å². The molecule has 2 aromatic rings. The normalized spacial score (nSPS) is 13.9. The fourth-order valence-electron chi connectivity index (χ4n) is 3.49. The van der Waals surface area contributed by atoms with Crippen molar-refractivity contribution in [2.75, 3.05) is 39.9 Å². The van der Waals surface area contributed by atoms with Crippen LogP contribution in [0.1, 0.15) is 40.1 Å². The van der Waals surface area contributed by atoms with Crippen LogP contribution >= 0.6 is 15.9 Å². The zero-order valence-corrected chi connectivity index (χ0v) is 19.2. The van der Waals surface area contributed by atoms with Crippen molar-refractivity contribution in [3.63, 3.8) is 0 Å². The predicted molar refractivity (Wildman–Crippen MR) is 119 cm³/mol. The maximum atomic E-state index is 13.0. The summed E-state index contributed by atoms with van der Waals surface area (Å²) in [5, 5.41) is 0. The molecule has 0 aromatic heterocycles. The van der Waals surface area contributed by atoms with E-state index in [1.165, 1.54) is 5.56 Å². The number of hydrogen-bond acceptors (Lipinski definition) is 4. The molecule has 1 aliphatic rings. The minimum atomic E-state index is -0.0866. The molecule has 0 radical (unpaired) electrons. The number of halogens is 1. The Kier molecular flexibility index (Phi) is 7.37. The number of nitrogens with zero attached hydrogens (tertiary/aromatic N) is 2. The van der Waals surface area contributed by atoms with Crippen LogP contribution in [0.5, 0.6) is 11.5 Å². The molecule has 3 rings (SSSR count). The topological polar surface area (TPSA) is 59.1 Å². The van der Waals surface area contributed by atoms with Gasteiger partial charge in [0.2, 0.25) is 0 Å². The van der Waals surface area contributed by atoms with E-state index in [2.05, 4.69) is 22.9 Å². The van der Waals surface area contributed by atoms with Crippen LogP contribution < -0.4 is 9.47 Å². The Balaban J connectivity index is 1.66. The van der Waals surface area contributed by atoms with E-state index in [-0.39, 0.29) is 11.8 Å². The lowest BCUT2D eigenvalue weighted by atomic mass is 10.1. The number of carbonyl (C=O) groups is 2. The van der Waals surface area contributed by atoms with Crippen LogP contribution in [0.2, 0.25) is 0 Å². The van der Waals surface area contributed by atoms with Crippen molar-refractivity contribution in [2.24, 2.45) is 0 Å². The Morgan fingerprint density at radius 2 is 1.50 bits per heavy atom. The van der Waals surface area contributed by atoms with E-state index in [4.69, 9.17) is 9.47 Å². The third-order valence-electron chi connectivity index (χ3n) is 5.23. The highest BCUT2D eigenvalue weighted by Gasteiger charge is 2.26. The monoisotopic (exact) mass is 474 g/mol. The van der Waals surface area contributed by atoms with E-state index in [0.29, 0.717) is 59.9 Å². The zero-order chi connectivity index (χ0) is 21.7. The second-order valence-electron chi connectivity index (χ2n) is 7.06. The number of aryl methyl sites for hydroxylation is 1. The minimum Gasteiger partial charge on any atom is -0.493 e. The van der Waals surface area contributed by atoms with Crippen molar-refractivity contribution in [2.45, 2.75) is 20.3 Å². The molecular formula is C23H27BrN2O4. The molecule has 2 aromatic carbocycles. The van der Waals surface area contributed by atoms with Gasteiger partial charge in [0.25, 0.3) is 11.8 Å². The fourth-order valence-corrected chi connectivity index (χ4v) is 4.05. The van der Waals surface area contributed by atoms with E-state index in [9.17, 15) is 9.59 Å². The molecule has 0 bridgehead atoms. The van der Waals surface area contributed by atoms with Gasteiger partial charge < -0.3 is 19.3 Å². The first-order valence-corrected chi connectivity index (χ1v) is 11.0. The Hall–Kier alpha value is -2.54. The smallest absolute Gasteiger partial charge is 0.254 e. The van der Waals surface area contributed by atoms with E-state index in [1.807, 2.05) is 31.2 Å². The minimum absolute atomic E-state index is 0.00948. The van der Waals surface area contributed by atoms with Gasteiger partial charge in [-0.1, -0.05) is 19.1 Å². The Morgan fingerprint density at radius 3 is 2.00 bits per heavy atom. The summed E-state index contributed by atoms with van der Waals surface area (Å²) in [7, 11) is 1.55. The number of ether oxygens (including phenoxy) is 2. The molecule has 0 unspecified atom stereocenters. The van der Waals surface area contributed by atoms with Crippen molar-refractivity contribution in [3.05, 3.63) is 57.6 Å². The first-order valence-electron chi connectivity index (χ1n) is 10.2. The van der Waals surface area contributed by atoms with Crippen molar-refractivity contribution >= 4 is 27.7 Å². The Morgan fingerprint density at radius 1 is 0.933 bits per heavy atom. The van der Waals surface area contributed by atoms with Crippen LogP contribution in [-0.4, -0.2) is 61.5 Å². The molecule has 0 spiro atoms. The number of amides is 2. The number of piperazine rings is 1. The summed E-state index contributed by atoms with van der Waals surface area (Å²) in [5.41, 5.74) is 2.42. The molecule has 0 N–H and O–H groups in total. The van der Waals surface area contributed by atoms with Gasteiger partial charge in [0, 0.05) is 37.3 Å². The van der Waals surface area contributed by atoms with E-state index in [0.717, 1.165) is 6.42 Å². The lowest BCUT2D eigenvalue weighted by Crippen LogP contribution is -2.50. The molecule has 0 atom stereocenters. The number of hydrogen-bond donors (Lipinski definition) is 0. The first-order chi connectivity index (χ1) is 14.5. The fraction of sp³-hybridized carbons (Fsp3) is 0.391. The van der Waals surface area contributed by atoms with Gasteiger partial charge in [-0.15, -0.1) is 0 Å². The number of benzene rings is 2. The highest BCUT2D eigenvalue weighted by molar-refractivity contribution is 9.10. The standard InChI is InChI=1S/C23H27BrN2O4/c1-4-16-6-8-17(9-7-16)22(27)25-10-12-26(13-11-25)23(28)18-14-19(24)21(30-5-2)20(15-18)29-3/h6-9,14-15H,4-5,10-13H2,1-3H3. The molecule has 0 aliphatic carbocycles. The van der Waals surface area contributed by atoms with Crippen LogP contribution in [0.25, 0.3) is 0 Å². The summed E-state index contributed by atoms with van der Waals surface area (Å²) in [4.78, 5) is 29.3. The SMILES string of the molecule is CCOc1c(Br)cc(C(=O)N2CCN(C(=O)c3ccc(CC)cc3)CC2)cc1OC. The molecule has 7 heteroatoms. The number of rotatable bonds is 6. The van der Waals surface area contributed by atoms with E-state index in [1.54, 1.807) is 29.0 Å². The second kappa shape index (κ2) is 9.98. The second-order valence-corrected chi connectivity index (χ2v) is 7.91. The third kappa shape index (κ3) is 4.78. The molecule has 1 heterocycles. The lowest BCUT2D eigenvalue weighted by Gasteiger charge is -2.35. The molecule has 1 saturated heterocycles. The van der Waals surface area contributed by atoms with Crippen LogP contribution in [-0.2, 0) is 6.42 Å². The van der Waals surface area contributed by atoms with Gasteiger partial charge >= 0.3 is 0 Å². The quantitative estimate of drug-likeness (QED) is 0.634. The van der Waals surface area contributed by atoms with Crippen molar-refractivity contribution in [1.82, 2.24) is 9.80 Å². The van der Waals surface area contributed by atoms with Gasteiger partial charge in [0.15, 0.2) is 11.5 Å². The summed E-state index contributed by atoms with van der Waals surface area (Å²) in [6.07, 6.45) is 0.946. The maximum absolute atomic E-state index is 13.0. The van der Waals surface area contributed by atoms with Gasteiger partial charge in [0.05, 0.1) is 18.2 Å². The summed E-state index contributed by atoms with van der Waals surface area (Å²) in [6, 6.07) is 11.2. The first kappa shape index (κ1) is 22.2. The predicted octanol–water partition coefficient (Wildman–Crippen LogP) is 4.02. The summed E-state index contributed by atoms with van der Waals surface area (Å²) in [6.45, 7) is 6.48. The van der Waals surface area contributed by atoms with Crippen molar-refractivity contribution in [3.8, 4) is 11.5 Å². The van der Waals surface area contributed by atoms with Gasteiger partial charge in [0.1, 0.15) is 0 Å². The largest absolute Gasteiger partial charge is 0.493 e. The number of methoxy groups -OCH3 is 1. The van der Waals surface area contributed by atoms with Crippen LogP contribution in [0, 0.1) is 0 Å². The van der Waals surface area contributed by atoms with Crippen molar-refractivity contribution < 1.29 is 19.1 Å². The highest BCUT2D eigenvalue weighted by atomic mass is 79.9. The number of carbonyl (C=O) groups excluding carboxylic acids is 2. The third-order valence-corrected chi connectivity index (χ3v) is 5.82. The van der Waals surface area contributed by atoms with E-state index >= 15 is 0 Å². The highest BCUT2D eigenvalue weighted by Crippen LogP contribution is 2.37. The summed E-state index contributed by atoms with van der Waals surface area (Å²) in [5.74, 6) is 1.02. The molecule has 30 heavy (non-hydrogen) atoms. The molecular weight excluding hydrogens is 448 g/mol. The van der Waals surface area contributed by atoms with Crippen LogP contribution in [0.15, 0.2) is 40.9 Å². The van der Waals surface area contributed by atoms with Gasteiger partial charge in [-0.25, -0.2) is 0 Å². The average molecular weight is 475 g/mol. The summed E-state index contributed by atoms with van der Waals surface area (Å²) >= 11 is 3.47. The Labute approximate surface area is 185 Å². The van der Waals surface area contributed by atoms with Gasteiger partial charge in [-0.2, -0.15) is 0 Å². The molecule has 2 amide bonds.